The summed E-state index contributed by atoms with van der Waals surface area (Å²) in [4.78, 5) is 27.2. The van der Waals surface area contributed by atoms with E-state index in [0.29, 0.717) is 10.9 Å². The first-order valence-corrected chi connectivity index (χ1v) is 11.0. The Hall–Kier alpha value is -3.91. The average molecular weight is 459 g/mol. The number of thioether (sulfide) groups is 1. The molecule has 1 aliphatic rings. The number of aryl methyl sites for hydroxylation is 1. The molecule has 0 aliphatic carbocycles. The van der Waals surface area contributed by atoms with Crippen LogP contribution in [0.2, 0.25) is 0 Å². The average Bonchev–Trinajstić information content (AvgIpc) is 3.37. The van der Waals surface area contributed by atoms with Gasteiger partial charge in [-0.25, -0.2) is 4.79 Å². The predicted octanol–water partition coefficient (Wildman–Crippen LogP) is 4.66. The van der Waals surface area contributed by atoms with Crippen molar-refractivity contribution in [3.63, 3.8) is 0 Å². The molecule has 1 fully saturated rings. The number of hydrogen-bond donors (Lipinski definition) is 2. The van der Waals surface area contributed by atoms with Crippen LogP contribution in [-0.4, -0.2) is 34.8 Å². The predicted molar refractivity (Wildman–Crippen MR) is 132 cm³/mol. The minimum atomic E-state index is -0.600. The van der Waals surface area contributed by atoms with E-state index in [4.69, 9.17) is 0 Å². The maximum Gasteiger partial charge on any atom is 0.331 e. The molecule has 7 nitrogen and oxygen atoms in total. The third kappa shape index (κ3) is 4.80. The standard InChI is InChI=1S/C25H22N4O3S/c1-15-21(16(2)28-29-25-27-24(31)19(33-25)14-20(30)32-3)22(17-10-6-4-7-11-17)23(26-15)18-12-8-5-9-13-18/h4-14,26H,1-3H3,(H,27,29,31)/b19-14+,28-16+. The van der Waals surface area contributed by atoms with Gasteiger partial charge in [0, 0.05) is 22.9 Å². The summed E-state index contributed by atoms with van der Waals surface area (Å²) in [6, 6.07) is 20.2. The number of carbonyl (C=O) groups excluding carboxylic acids is 2. The molecule has 0 radical (unpaired) electrons. The number of benzene rings is 2. The van der Waals surface area contributed by atoms with Crippen LogP contribution in [0.1, 0.15) is 18.2 Å². The highest BCUT2D eigenvalue weighted by molar-refractivity contribution is 8.18. The van der Waals surface area contributed by atoms with Crippen molar-refractivity contribution in [2.45, 2.75) is 13.8 Å². The van der Waals surface area contributed by atoms with Gasteiger partial charge >= 0.3 is 5.97 Å². The molecule has 4 rings (SSSR count). The quantitative estimate of drug-likeness (QED) is 0.252. The second-order valence-electron chi connectivity index (χ2n) is 7.29. The van der Waals surface area contributed by atoms with Gasteiger partial charge in [-0.15, -0.1) is 5.10 Å². The smallest absolute Gasteiger partial charge is 0.331 e. The molecule has 0 spiro atoms. The van der Waals surface area contributed by atoms with E-state index in [1.54, 1.807) is 0 Å². The monoisotopic (exact) mass is 458 g/mol. The summed E-state index contributed by atoms with van der Waals surface area (Å²) in [5.41, 5.74) is 6.77. The zero-order chi connectivity index (χ0) is 23.4. The Kier molecular flexibility index (Phi) is 6.55. The zero-order valence-electron chi connectivity index (χ0n) is 18.4. The third-order valence-corrected chi connectivity index (χ3v) is 5.97. The van der Waals surface area contributed by atoms with Crippen molar-refractivity contribution >= 4 is 34.5 Å². The van der Waals surface area contributed by atoms with E-state index in [9.17, 15) is 9.59 Å². The summed E-state index contributed by atoms with van der Waals surface area (Å²) in [5.74, 6) is -1.01. The van der Waals surface area contributed by atoms with Gasteiger partial charge in [0.05, 0.1) is 23.4 Å². The summed E-state index contributed by atoms with van der Waals surface area (Å²) in [6.45, 7) is 3.89. The van der Waals surface area contributed by atoms with Gasteiger partial charge < -0.3 is 9.72 Å². The molecule has 1 amide bonds. The second-order valence-corrected chi connectivity index (χ2v) is 8.32. The van der Waals surface area contributed by atoms with Crippen LogP contribution in [0.4, 0.5) is 0 Å². The van der Waals surface area contributed by atoms with Crippen LogP contribution < -0.4 is 5.32 Å². The number of carbonyl (C=O) groups is 2. The van der Waals surface area contributed by atoms with Crippen molar-refractivity contribution in [2.24, 2.45) is 10.2 Å². The van der Waals surface area contributed by atoms with Crippen molar-refractivity contribution < 1.29 is 14.3 Å². The van der Waals surface area contributed by atoms with Crippen molar-refractivity contribution in [1.82, 2.24) is 10.3 Å². The van der Waals surface area contributed by atoms with Crippen molar-refractivity contribution in [3.8, 4) is 22.4 Å². The molecule has 2 heterocycles. The van der Waals surface area contributed by atoms with Gasteiger partial charge in [0.25, 0.3) is 5.91 Å². The van der Waals surface area contributed by atoms with E-state index in [1.165, 1.54) is 7.11 Å². The Morgan fingerprint density at radius 3 is 2.30 bits per heavy atom. The van der Waals surface area contributed by atoms with E-state index < -0.39 is 11.9 Å². The zero-order valence-corrected chi connectivity index (χ0v) is 19.2. The number of hydrogen-bond acceptors (Lipinski definition) is 6. The maximum atomic E-state index is 12.1. The van der Waals surface area contributed by atoms with Crippen molar-refractivity contribution in [3.05, 3.63) is 82.9 Å². The number of esters is 1. The molecular formula is C25H22N4O3S. The Balaban J connectivity index is 1.75. The molecule has 8 heteroatoms. The largest absolute Gasteiger partial charge is 0.466 e. The molecular weight excluding hydrogens is 436 g/mol. The van der Waals surface area contributed by atoms with E-state index in [2.05, 4.69) is 49.5 Å². The molecule has 1 saturated heterocycles. The topological polar surface area (TPSA) is 95.9 Å². The van der Waals surface area contributed by atoms with Crippen LogP contribution >= 0.6 is 11.8 Å². The van der Waals surface area contributed by atoms with E-state index in [1.807, 2.05) is 50.2 Å². The van der Waals surface area contributed by atoms with Crippen LogP contribution in [0.5, 0.6) is 0 Å². The van der Waals surface area contributed by atoms with Gasteiger partial charge in [0.15, 0.2) is 5.17 Å². The Bertz CT molecular complexity index is 1290. The lowest BCUT2D eigenvalue weighted by Gasteiger charge is -2.08. The van der Waals surface area contributed by atoms with Crippen LogP contribution in [0.15, 0.2) is 81.8 Å². The molecule has 33 heavy (non-hydrogen) atoms. The third-order valence-electron chi connectivity index (χ3n) is 5.07. The van der Waals surface area contributed by atoms with E-state index in [0.717, 1.165) is 51.5 Å². The lowest BCUT2D eigenvalue weighted by Crippen LogP contribution is -2.19. The molecule has 0 bridgehead atoms. The van der Waals surface area contributed by atoms with Crippen LogP contribution in [0.25, 0.3) is 22.4 Å². The van der Waals surface area contributed by atoms with Gasteiger partial charge in [-0.05, 0) is 36.7 Å². The van der Waals surface area contributed by atoms with Gasteiger partial charge in [-0.2, -0.15) is 5.10 Å². The first-order valence-electron chi connectivity index (χ1n) is 10.2. The number of aromatic amines is 1. The summed E-state index contributed by atoms with van der Waals surface area (Å²) >= 11 is 1.04. The molecule has 0 saturated carbocycles. The molecule has 3 aromatic rings. The minimum absolute atomic E-state index is 0.211. The Morgan fingerprint density at radius 1 is 1.03 bits per heavy atom. The fourth-order valence-corrected chi connectivity index (χ4v) is 4.34. The van der Waals surface area contributed by atoms with Crippen LogP contribution in [0.3, 0.4) is 0 Å². The number of methoxy groups -OCH3 is 1. The first kappa shape index (κ1) is 22.3. The molecule has 1 aliphatic heterocycles. The fourth-order valence-electron chi connectivity index (χ4n) is 3.60. The lowest BCUT2D eigenvalue weighted by atomic mass is 9.95. The SMILES string of the molecule is COC(=O)/C=C1/S/C(=N\N=C(/C)c2c(C)[nH]c(-c3ccccc3)c2-c2ccccc2)NC1=O. The van der Waals surface area contributed by atoms with Gasteiger partial charge in [-0.3, -0.25) is 10.1 Å². The number of amidine groups is 1. The molecule has 0 atom stereocenters. The molecule has 2 aromatic carbocycles. The summed E-state index contributed by atoms with van der Waals surface area (Å²) in [6.07, 6.45) is 1.13. The molecule has 1 aromatic heterocycles. The van der Waals surface area contributed by atoms with Crippen LogP contribution in [-0.2, 0) is 14.3 Å². The summed E-state index contributed by atoms with van der Waals surface area (Å²) < 4.78 is 4.58. The van der Waals surface area contributed by atoms with Crippen LogP contribution in [0, 0.1) is 6.92 Å². The van der Waals surface area contributed by atoms with E-state index >= 15 is 0 Å². The number of amides is 1. The number of aromatic nitrogens is 1. The molecule has 0 unspecified atom stereocenters. The van der Waals surface area contributed by atoms with Gasteiger partial charge in [-0.1, -0.05) is 60.7 Å². The lowest BCUT2D eigenvalue weighted by molar-refractivity contribution is -0.135. The van der Waals surface area contributed by atoms with Crippen molar-refractivity contribution in [2.75, 3.05) is 7.11 Å². The normalized spacial score (nSPS) is 16.3. The van der Waals surface area contributed by atoms with Crippen molar-refractivity contribution in [1.29, 1.82) is 0 Å². The number of H-pyrrole nitrogens is 1. The summed E-state index contributed by atoms with van der Waals surface area (Å²) in [7, 11) is 1.26. The number of rotatable bonds is 5. The van der Waals surface area contributed by atoms with Gasteiger partial charge in [0.1, 0.15) is 0 Å². The highest BCUT2D eigenvalue weighted by atomic mass is 32.2. The number of nitrogens with zero attached hydrogens (tertiary/aromatic N) is 2. The Morgan fingerprint density at radius 2 is 1.67 bits per heavy atom. The Labute approximate surface area is 195 Å². The fraction of sp³-hybridized carbons (Fsp3) is 0.120. The summed E-state index contributed by atoms with van der Waals surface area (Å²) in [5, 5.41) is 11.5. The molecule has 166 valence electrons. The highest BCUT2D eigenvalue weighted by Gasteiger charge is 2.25. The van der Waals surface area contributed by atoms with Gasteiger partial charge in [0.2, 0.25) is 0 Å². The maximum absolute atomic E-state index is 12.1. The van der Waals surface area contributed by atoms with E-state index in [-0.39, 0.29) is 4.91 Å². The number of nitrogens with one attached hydrogen (secondary N) is 2. The minimum Gasteiger partial charge on any atom is -0.466 e. The number of ether oxygens (including phenoxy) is 1. The molecule has 2 N–H and O–H groups in total. The highest BCUT2D eigenvalue weighted by Crippen LogP contribution is 2.37. The second kappa shape index (κ2) is 9.70. The first-order chi connectivity index (χ1) is 16.0.